The number of aromatic nitrogens is 6. The Labute approximate surface area is 152 Å². The molecule has 1 amide bonds. The fraction of sp³-hybridized carbons (Fsp3) is 0.235. The van der Waals surface area contributed by atoms with E-state index in [-0.39, 0.29) is 12.1 Å². The van der Waals surface area contributed by atoms with Gasteiger partial charge in [-0.1, -0.05) is 0 Å². The summed E-state index contributed by atoms with van der Waals surface area (Å²) in [6.45, 7) is 3.20. The highest BCUT2D eigenvalue weighted by Crippen LogP contribution is 2.32. The average Bonchev–Trinajstić information content (AvgIpc) is 3.39. The molecule has 0 spiro atoms. The van der Waals surface area contributed by atoms with Crippen molar-refractivity contribution in [1.29, 1.82) is 0 Å². The first-order valence-electron chi connectivity index (χ1n) is 8.26. The molecular formula is C17H15N7OS. The maximum absolute atomic E-state index is 12.6. The number of nitrogens with zero attached hydrogens (tertiary/aromatic N) is 7. The first-order chi connectivity index (χ1) is 12.7. The predicted molar refractivity (Wildman–Crippen MR) is 96.8 cm³/mol. The maximum atomic E-state index is 12.6. The smallest absolute Gasteiger partial charge is 0.316 e. The van der Waals surface area contributed by atoms with Gasteiger partial charge in [-0.2, -0.15) is 9.47 Å². The summed E-state index contributed by atoms with van der Waals surface area (Å²) in [5, 5.41) is 4.80. The van der Waals surface area contributed by atoms with Crippen LogP contribution in [-0.2, 0) is 6.54 Å². The van der Waals surface area contributed by atoms with Gasteiger partial charge in [0.1, 0.15) is 11.8 Å². The monoisotopic (exact) mass is 365 g/mol. The second-order valence-electron chi connectivity index (χ2n) is 6.35. The molecule has 0 aliphatic carbocycles. The topological polar surface area (TPSA) is 81.7 Å². The molecule has 0 N–H and O–H groups in total. The third kappa shape index (κ3) is 2.31. The number of rotatable bonds is 1. The Morgan fingerprint density at radius 2 is 2.27 bits per heavy atom. The summed E-state index contributed by atoms with van der Waals surface area (Å²) in [5.41, 5.74) is 3.81. The van der Waals surface area contributed by atoms with Gasteiger partial charge in [0.05, 0.1) is 34.9 Å². The standard InChI is InChI=1S/C17H15N7OS/c1-11-8-23(17(25)22-5-4-18-10-22)9-12-6-14(21-24(11)12)13-2-3-19-15-7-20-26-16(13)15/h2-7,10-11H,8-9H2,1H3/t11-/m0/s1. The molecular weight excluding hydrogens is 350 g/mol. The van der Waals surface area contributed by atoms with Crippen molar-refractivity contribution in [2.45, 2.75) is 19.5 Å². The zero-order valence-electron chi connectivity index (χ0n) is 14.0. The fourth-order valence-electron chi connectivity index (χ4n) is 3.39. The Kier molecular flexibility index (Phi) is 3.35. The van der Waals surface area contributed by atoms with Gasteiger partial charge in [-0.3, -0.25) is 14.2 Å². The van der Waals surface area contributed by atoms with Crippen molar-refractivity contribution in [2.75, 3.05) is 6.54 Å². The number of carbonyl (C=O) groups excluding carboxylic acids is 1. The number of fused-ring (bicyclic) bond motifs is 2. The maximum Gasteiger partial charge on any atom is 0.329 e. The molecule has 4 aromatic heterocycles. The van der Waals surface area contributed by atoms with E-state index in [1.54, 1.807) is 24.8 Å². The lowest BCUT2D eigenvalue weighted by Gasteiger charge is -2.31. The van der Waals surface area contributed by atoms with E-state index in [9.17, 15) is 4.79 Å². The SMILES string of the molecule is C[C@H]1CN(C(=O)n2ccnc2)Cc2cc(-c3ccnc4cnsc34)nn21. The van der Waals surface area contributed by atoms with Gasteiger partial charge in [0.2, 0.25) is 0 Å². The summed E-state index contributed by atoms with van der Waals surface area (Å²) in [7, 11) is 0. The van der Waals surface area contributed by atoms with Crippen molar-refractivity contribution < 1.29 is 4.79 Å². The second kappa shape index (κ2) is 5.73. The van der Waals surface area contributed by atoms with Crippen LogP contribution in [0, 0.1) is 0 Å². The molecule has 1 atom stereocenters. The molecule has 5 rings (SSSR count). The van der Waals surface area contributed by atoms with Crippen LogP contribution in [0.5, 0.6) is 0 Å². The van der Waals surface area contributed by atoms with Gasteiger partial charge in [0, 0.05) is 30.7 Å². The largest absolute Gasteiger partial charge is 0.329 e. The van der Waals surface area contributed by atoms with Gasteiger partial charge in [0.25, 0.3) is 0 Å². The first kappa shape index (κ1) is 15.2. The van der Waals surface area contributed by atoms with Crippen LogP contribution in [0.1, 0.15) is 18.7 Å². The molecule has 0 saturated carbocycles. The quantitative estimate of drug-likeness (QED) is 0.518. The minimum atomic E-state index is -0.0721. The van der Waals surface area contributed by atoms with Crippen LogP contribution in [-0.4, -0.2) is 46.2 Å². The predicted octanol–water partition coefficient (Wildman–Crippen LogP) is 2.80. The summed E-state index contributed by atoms with van der Waals surface area (Å²) >= 11 is 1.42. The molecule has 0 fully saturated rings. The van der Waals surface area contributed by atoms with E-state index in [0.717, 1.165) is 27.2 Å². The van der Waals surface area contributed by atoms with E-state index in [1.165, 1.54) is 22.4 Å². The number of amides is 1. The van der Waals surface area contributed by atoms with Crippen LogP contribution in [0.25, 0.3) is 21.5 Å². The Hall–Kier alpha value is -3.07. The summed E-state index contributed by atoms with van der Waals surface area (Å²) < 4.78 is 8.78. The summed E-state index contributed by atoms with van der Waals surface area (Å²) in [5.74, 6) is 0. The van der Waals surface area contributed by atoms with Crippen molar-refractivity contribution >= 4 is 27.8 Å². The first-order valence-corrected chi connectivity index (χ1v) is 9.03. The van der Waals surface area contributed by atoms with Gasteiger partial charge in [-0.25, -0.2) is 9.78 Å². The second-order valence-corrected chi connectivity index (χ2v) is 7.15. The molecule has 9 heteroatoms. The zero-order chi connectivity index (χ0) is 17.7. The van der Waals surface area contributed by atoms with E-state index < -0.39 is 0 Å². The number of hydrogen-bond donors (Lipinski definition) is 0. The molecule has 8 nitrogen and oxygen atoms in total. The van der Waals surface area contributed by atoms with Crippen LogP contribution in [0.4, 0.5) is 4.79 Å². The molecule has 1 aliphatic rings. The lowest BCUT2D eigenvalue weighted by Crippen LogP contribution is -2.42. The van der Waals surface area contributed by atoms with Crippen LogP contribution in [0.2, 0.25) is 0 Å². The van der Waals surface area contributed by atoms with Crippen molar-refractivity contribution in [3.63, 3.8) is 0 Å². The zero-order valence-corrected chi connectivity index (χ0v) is 14.8. The Morgan fingerprint density at radius 3 is 3.12 bits per heavy atom. The third-order valence-electron chi connectivity index (χ3n) is 4.59. The van der Waals surface area contributed by atoms with Gasteiger partial charge in [0.15, 0.2) is 0 Å². The van der Waals surface area contributed by atoms with Crippen molar-refractivity contribution in [3.05, 3.63) is 48.9 Å². The minimum Gasteiger partial charge on any atom is -0.316 e. The summed E-state index contributed by atoms with van der Waals surface area (Å²) in [4.78, 5) is 22.8. The Morgan fingerprint density at radius 1 is 1.35 bits per heavy atom. The van der Waals surface area contributed by atoms with Gasteiger partial charge in [-0.15, -0.1) is 0 Å². The molecule has 0 radical (unpaired) electrons. The normalized spacial score (nSPS) is 16.8. The van der Waals surface area contributed by atoms with E-state index in [1.807, 2.05) is 15.6 Å². The van der Waals surface area contributed by atoms with Crippen LogP contribution in [0.3, 0.4) is 0 Å². The molecule has 130 valence electrons. The number of carbonyl (C=O) groups is 1. The van der Waals surface area contributed by atoms with Gasteiger partial charge >= 0.3 is 6.03 Å². The van der Waals surface area contributed by atoms with Crippen molar-refractivity contribution in [1.82, 2.24) is 33.6 Å². The van der Waals surface area contributed by atoms with E-state index in [2.05, 4.69) is 27.3 Å². The molecule has 26 heavy (non-hydrogen) atoms. The lowest BCUT2D eigenvalue weighted by molar-refractivity contribution is 0.170. The molecule has 0 saturated heterocycles. The fourth-order valence-corrected chi connectivity index (χ4v) is 4.11. The Bertz CT molecular complexity index is 1100. The van der Waals surface area contributed by atoms with Crippen LogP contribution in [0.15, 0.2) is 43.2 Å². The van der Waals surface area contributed by atoms with E-state index >= 15 is 0 Å². The lowest BCUT2D eigenvalue weighted by atomic mass is 10.1. The molecule has 5 heterocycles. The highest BCUT2D eigenvalue weighted by Gasteiger charge is 2.28. The average molecular weight is 365 g/mol. The van der Waals surface area contributed by atoms with Crippen molar-refractivity contribution in [2.24, 2.45) is 0 Å². The molecule has 4 aromatic rings. The Balaban J connectivity index is 1.52. The van der Waals surface area contributed by atoms with Gasteiger partial charge < -0.3 is 4.90 Å². The molecule has 0 bridgehead atoms. The summed E-state index contributed by atoms with van der Waals surface area (Å²) in [6, 6.07) is 4.04. The van der Waals surface area contributed by atoms with E-state index in [0.29, 0.717) is 13.1 Å². The number of pyridine rings is 1. The highest BCUT2D eigenvalue weighted by molar-refractivity contribution is 7.13. The third-order valence-corrected chi connectivity index (χ3v) is 5.41. The number of imidazole rings is 1. The van der Waals surface area contributed by atoms with Crippen LogP contribution >= 0.6 is 11.5 Å². The molecule has 0 unspecified atom stereocenters. The summed E-state index contributed by atoms with van der Waals surface area (Å²) in [6.07, 6.45) is 8.36. The van der Waals surface area contributed by atoms with Crippen molar-refractivity contribution in [3.8, 4) is 11.3 Å². The molecule has 1 aliphatic heterocycles. The molecule has 0 aromatic carbocycles. The number of hydrogen-bond acceptors (Lipinski definition) is 6. The minimum absolute atomic E-state index is 0.0721. The van der Waals surface area contributed by atoms with E-state index in [4.69, 9.17) is 5.10 Å². The van der Waals surface area contributed by atoms with Gasteiger partial charge in [-0.05, 0) is 30.6 Å². The highest BCUT2D eigenvalue weighted by atomic mass is 32.1. The van der Waals surface area contributed by atoms with Crippen LogP contribution < -0.4 is 0 Å².